The third kappa shape index (κ3) is 3.98. The van der Waals surface area contributed by atoms with Crippen LogP contribution in [0.4, 0.5) is 4.39 Å². The smallest absolute Gasteiger partial charge is 0.141 e. The minimum atomic E-state index is -0.266. The van der Waals surface area contributed by atoms with Gasteiger partial charge in [0, 0.05) is 24.8 Å². The molecule has 0 saturated carbocycles. The van der Waals surface area contributed by atoms with Crippen molar-refractivity contribution in [3.8, 4) is 0 Å². The third-order valence-electron chi connectivity index (χ3n) is 3.99. The largest absolute Gasteiger partial charge is 0.310 e. The number of nitrogens with one attached hydrogen (secondary N) is 1. The Morgan fingerprint density at radius 2 is 2.21 bits per heavy atom. The van der Waals surface area contributed by atoms with E-state index in [-0.39, 0.29) is 11.9 Å². The lowest BCUT2D eigenvalue weighted by Crippen LogP contribution is -2.31. The van der Waals surface area contributed by atoms with Gasteiger partial charge in [0.15, 0.2) is 0 Å². The van der Waals surface area contributed by atoms with Crippen molar-refractivity contribution in [2.45, 2.75) is 39.3 Å². The maximum atomic E-state index is 13.1. The zero-order valence-corrected chi connectivity index (χ0v) is 12.1. The molecule has 2 unspecified atom stereocenters. The lowest BCUT2D eigenvalue weighted by Gasteiger charge is -2.21. The van der Waals surface area contributed by atoms with Crippen molar-refractivity contribution >= 4 is 0 Å². The van der Waals surface area contributed by atoms with E-state index >= 15 is 0 Å². The number of likely N-dealkylation sites (tertiary alicyclic amines) is 1. The van der Waals surface area contributed by atoms with Crippen molar-refractivity contribution in [3.05, 3.63) is 29.8 Å². The second-order valence-corrected chi connectivity index (χ2v) is 5.81. The molecule has 1 aliphatic heterocycles. The van der Waals surface area contributed by atoms with Crippen LogP contribution in [0.25, 0.3) is 0 Å². The van der Waals surface area contributed by atoms with Gasteiger partial charge in [0.05, 0.1) is 6.20 Å². The van der Waals surface area contributed by atoms with E-state index in [9.17, 15) is 4.39 Å². The van der Waals surface area contributed by atoms with Gasteiger partial charge in [0.2, 0.25) is 0 Å². The average molecular weight is 265 g/mol. The molecule has 106 valence electrons. The summed E-state index contributed by atoms with van der Waals surface area (Å²) in [5.41, 5.74) is 0.915. The molecule has 0 bridgehead atoms. The van der Waals surface area contributed by atoms with Crippen molar-refractivity contribution in [3.63, 3.8) is 0 Å². The molecule has 0 amide bonds. The molecule has 1 fully saturated rings. The summed E-state index contributed by atoms with van der Waals surface area (Å²) in [4.78, 5) is 6.41. The number of rotatable bonds is 5. The highest BCUT2D eigenvalue weighted by Crippen LogP contribution is 2.19. The molecule has 2 atom stereocenters. The van der Waals surface area contributed by atoms with Gasteiger partial charge < -0.3 is 10.2 Å². The van der Waals surface area contributed by atoms with Crippen LogP contribution in [0.5, 0.6) is 0 Å². The van der Waals surface area contributed by atoms with E-state index < -0.39 is 0 Å². The molecule has 1 N–H and O–H groups in total. The van der Waals surface area contributed by atoms with Gasteiger partial charge in [0.1, 0.15) is 5.82 Å². The Kier molecular flexibility index (Phi) is 4.88. The molecule has 3 nitrogen and oxygen atoms in total. The number of pyridine rings is 1. The van der Waals surface area contributed by atoms with Crippen LogP contribution >= 0.6 is 0 Å². The van der Waals surface area contributed by atoms with Crippen LogP contribution in [-0.2, 0) is 0 Å². The van der Waals surface area contributed by atoms with E-state index in [1.165, 1.54) is 25.7 Å². The Morgan fingerprint density at radius 1 is 1.42 bits per heavy atom. The standard InChI is InChI=1S/C15H24FN3/c1-11(2)19-5-4-13(10-19)7-18-12(3)14-6-15(16)9-17-8-14/h6,8-9,11-13,18H,4-5,7,10H2,1-3H3. The summed E-state index contributed by atoms with van der Waals surface area (Å²) in [5, 5.41) is 3.49. The van der Waals surface area contributed by atoms with Crippen LogP contribution < -0.4 is 5.32 Å². The molecule has 0 radical (unpaired) electrons. The molecule has 1 aliphatic rings. The molecule has 2 rings (SSSR count). The first-order valence-electron chi connectivity index (χ1n) is 7.14. The summed E-state index contributed by atoms with van der Waals surface area (Å²) in [6.07, 6.45) is 4.23. The summed E-state index contributed by atoms with van der Waals surface area (Å²) in [6.45, 7) is 9.90. The summed E-state index contributed by atoms with van der Waals surface area (Å²) >= 11 is 0. The van der Waals surface area contributed by atoms with Gasteiger partial charge in [-0.25, -0.2) is 4.39 Å². The number of halogens is 1. The predicted molar refractivity (Wildman–Crippen MR) is 75.4 cm³/mol. The molecule has 2 heterocycles. The minimum Gasteiger partial charge on any atom is -0.310 e. The monoisotopic (exact) mass is 265 g/mol. The lowest BCUT2D eigenvalue weighted by molar-refractivity contribution is 0.263. The fourth-order valence-electron chi connectivity index (χ4n) is 2.62. The molecule has 1 aromatic heterocycles. The summed E-state index contributed by atoms with van der Waals surface area (Å²) in [7, 11) is 0. The van der Waals surface area contributed by atoms with E-state index in [4.69, 9.17) is 0 Å². The highest BCUT2D eigenvalue weighted by atomic mass is 19.1. The first-order chi connectivity index (χ1) is 9.06. The van der Waals surface area contributed by atoms with Gasteiger partial charge in [-0.3, -0.25) is 4.98 Å². The highest BCUT2D eigenvalue weighted by Gasteiger charge is 2.24. The molecule has 0 aromatic carbocycles. The van der Waals surface area contributed by atoms with Gasteiger partial charge in [0.25, 0.3) is 0 Å². The SMILES string of the molecule is CC(NCC1CCN(C(C)C)C1)c1cncc(F)c1. The highest BCUT2D eigenvalue weighted by molar-refractivity contribution is 5.14. The van der Waals surface area contributed by atoms with Crippen LogP contribution in [0, 0.1) is 11.7 Å². The zero-order chi connectivity index (χ0) is 13.8. The van der Waals surface area contributed by atoms with Gasteiger partial charge in [-0.2, -0.15) is 0 Å². The Morgan fingerprint density at radius 3 is 2.84 bits per heavy atom. The normalized spacial score (nSPS) is 22.1. The maximum Gasteiger partial charge on any atom is 0.141 e. The molecular weight excluding hydrogens is 241 g/mol. The number of nitrogens with zero attached hydrogens (tertiary/aromatic N) is 2. The van der Waals surface area contributed by atoms with E-state index in [1.54, 1.807) is 12.3 Å². The lowest BCUT2D eigenvalue weighted by atomic mass is 10.1. The van der Waals surface area contributed by atoms with Gasteiger partial charge in [-0.05, 0) is 57.8 Å². The zero-order valence-electron chi connectivity index (χ0n) is 12.1. The molecule has 4 heteroatoms. The summed E-state index contributed by atoms with van der Waals surface area (Å²) in [5.74, 6) is 0.435. The average Bonchev–Trinajstić information content (AvgIpc) is 2.85. The van der Waals surface area contributed by atoms with Crippen LogP contribution in [0.2, 0.25) is 0 Å². The van der Waals surface area contributed by atoms with Crippen molar-refractivity contribution in [2.75, 3.05) is 19.6 Å². The molecule has 1 aromatic rings. The molecule has 19 heavy (non-hydrogen) atoms. The quantitative estimate of drug-likeness (QED) is 0.887. The molecule has 0 aliphatic carbocycles. The fraction of sp³-hybridized carbons (Fsp3) is 0.667. The van der Waals surface area contributed by atoms with Gasteiger partial charge in [-0.15, -0.1) is 0 Å². The van der Waals surface area contributed by atoms with E-state index in [1.807, 2.05) is 0 Å². The summed E-state index contributed by atoms with van der Waals surface area (Å²) < 4.78 is 13.1. The topological polar surface area (TPSA) is 28.2 Å². The Bertz CT molecular complexity index is 408. The molecule has 1 saturated heterocycles. The third-order valence-corrected chi connectivity index (χ3v) is 3.99. The van der Waals surface area contributed by atoms with Crippen molar-refractivity contribution in [1.82, 2.24) is 15.2 Å². The van der Waals surface area contributed by atoms with Gasteiger partial charge >= 0.3 is 0 Å². The van der Waals surface area contributed by atoms with Crippen LogP contribution in [0.1, 0.15) is 38.8 Å². The molecular formula is C15H24FN3. The first-order valence-corrected chi connectivity index (χ1v) is 7.14. The number of hydrogen-bond acceptors (Lipinski definition) is 3. The Labute approximate surface area is 115 Å². The minimum absolute atomic E-state index is 0.149. The summed E-state index contributed by atoms with van der Waals surface area (Å²) in [6, 6.07) is 2.34. The fourth-order valence-corrected chi connectivity index (χ4v) is 2.62. The second kappa shape index (κ2) is 6.44. The molecule has 0 spiro atoms. The Hall–Kier alpha value is -1.00. The van der Waals surface area contributed by atoms with E-state index in [0.717, 1.165) is 12.1 Å². The number of hydrogen-bond donors (Lipinski definition) is 1. The van der Waals surface area contributed by atoms with E-state index in [0.29, 0.717) is 12.0 Å². The number of aromatic nitrogens is 1. The van der Waals surface area contributed by atoms with E-state index in [2.05, 4.69) is 36.0 Å². The van der Waals surface area contributed by atoms with Crippen molar-refractivity contribution in [2.24, 2.45) is 5.92 Å². The predicted octanol–water partition coefficient (Wildman–Crippen LogP) is 2.60. The second-order valence-electron chi connectivity index (χ2n) is 5.81. The van der Waals surface area contributed by atoms with Crippen LogP contribution in [-0.4, -0.2) is 35.6 Å². The van der Waals surface area contributed by atoms with Crippen LogP contribution in [0.3, 0.4) is 0 Å². The maximum absolute atomic E-state index is 13.1. The van der Waals surface area contributed by atoms with Crippen molar-refractivity contribution < 1.29 is 4.39 Å². The van der Waals surface area contributed by atoms with Crippen LogP contribution in [0.15, 0.2) is 18.5 Å². The van der Waals surface area contributed by atoms with Gasteiger partial charge in [-0.1, -0.05) is 0 Å². The van der Waals surface area contributed by atoms with Crippen molar-refractivity contribution in [1.29, 1.82) is 0 Å². The first kappa shape index (κ1) is 14.4. The Balaban J connectivity index is 1.80.